The third kappa shape index (κ3) is 2.27. The topological polar surface area (TPSA) is 120 Å². The Kier molecular flexibility index (Phi) is 2.93. The Labute approximate surface area is 103 Å². The number of aromatic amines is 1. The van der Waals surface area contributed by atoms with Crippen LogP contribution in [0, 0.1) is 18.3 Å². The SMILES string of the molecule is Cc1ccc(C#N)cc1NC(=O)c1nc(N)n[nH]1. The zero-order valence-electron chi connectivity index (χ0n) is 9.56. The largest absolute Gasteiger partial charge is 0.366 e. The van der Waals surface area contributed by atoms with Gasteiger partial charge in [0.25, 0.3) is 5.91 Å². The van der Waals surface area contributed by atoms with Crippen molar-refractivity contribution in [2.75, 3.05) is 11.1 Å². The number of anilines is 2. The number of H-pyrrole nitrogens is 1. The summed E-state index contributed by atoms with van der Waals surface area (Å²) < 4.78 is 0. The van der Waals surface area contributed by atoms with E-state index in [1.807, 2.05) is 13.0 Å². The van der Waals surface area contributed by atoms with Gasteiger partial charge >= 0.3 is 0 Å². The van der Waals surface area contributed by atoms with Crippen LogP contribution in [0.3, 0.4) is 0 Å². The number of carbonyl (C=O) groups excluding carboxylic acids is 1. The van der Waals surface area contributed by atoms with Crippen LogP contribution in [0.4, 0.5) is 11.6 Å². The van der Waals surface area contributed by atoms with Gasteiger partial charge in [-0.3, -0.25) is 9.89 Å². The Bertz CT molecular complexity index is 639. The lowest BCUT2D eigenvalue weighted by atomic mass is 10.1. The van der Waals surface area contributed by atoms with Gasteiger partial charge in [0.1, 0.15) is 0 Å². The van der Waals surface area contributed by atoms with Gasteiger partial charge in [0, 0.05) is 5.69 Å². The second kappa shape index (κ2) is 4.55. The summed E-state index contributed by atoms with van der Waals surface area (Å²) in [7, 11) is 0. The summed E-state index contributed by atoms with van der Waals surface area (Å²) >= 11 is 0. The molecule has 18 heavy (non-hydrogen) atoms. The van der Waals surface area contributed by atoms with Crippen LogP contribution in [0.25, 0.3) is 0 Å². The number of nitriles is 1. The van der Waals surface area contributed by atoms with Gasteiger partial charge in [-0.2, -0.15) is 10.2 Å². The molecular formula is C11H10N6O. The van der Waals surface area contributed by atoms with E-state index in [1.54, 1.807) is 18.2 Å². The lowest BCUT2D eigenvalue weighted by molar-refractivity contribution is 0.101. The molecule has 90 valence electrons. The molecule has 0 saturated carbocycles. The highest BCUT2D eigenvalue weighted by atomic mass is 16.2. The molecule has 1 aromatic carbocycles. The summed E-state index contributed by atoms with van der Waals surface area (Å²) in [6, 6.07) is 7.03. The molecule has 0 aliphatic rings. The number of hydrogen-bond donors (Lipinski definition) is 3. The van der Waals surface area contributed by atoms with Crippen LogP contribution in [0.15, 0.2) is 18.2 Å². The van der Waals surface area contributed by atoms with Gasteiger partial charge < -0.3 is 11.1 Å². The molecule has 0 bridgehead atoms. The minimum absolute atomic E-state index is 0.00245. The summed E-state index contributed by atoms with van der Waals surface area (Å²) in [6.45, 7) is 1.82. The highest BCUT2D eigenvalue weighted by Crippen LogP contribution is 2.17. The highest BCUT2D eigenvalue weighted by Gasteiger charge is 2.12. The average Bonchev–Trinajstić information content (AvgIpc) is 2.79. The van der Waals surface area contributed by atoms with E-state index in [1.165, 1.54) is 0 Å². The molecular weight excluding hydrogens is 232 g/mol. The normalized spacial score (nSPS) is 9.78. The van der Waals surface area contributed by atoms with Crippen LogP contribution in [-0.4, -0.2) is 21.1 Å². The molecule has 0 spiro atoms. The number of hydrogen-bond acceptors (Lipinski definition) is 5. The van der Waals surface area contributed by atoms with E-state index in [2.05, 4.69) is 20.5 Å². The summed E-state index contributed by atoms with van der Waals surface area (Å²) in [5.74, 6) is -0.436. The zero-order chi connectivity index (χ0) is 13.1. The Balaban J connectivity index is 2.24. The van der Waals surface area contributed by atoms with Crippen molar-refractivity contribution in [2.45, 2.75) is 6.92 Å². The molecule has 0 aliphatic carbocycles. The van der Waals surface area contributed by atoms with E-state index >= 15 is 0 Å². The van der Waals surface area contributed by atoms with Gasteiger partial charge in [-0.1, -0.05) is 6.07 Å². The number of nitrogen functional groups attached to an aromatic ring is 1. The quantitative estimate of drug-likeness (QED) is 0.719. The van der Waals surface area contributed by atoms with Crippen LogP contribution in [0.5, 0.6) is 0 Å². The van der Waals surface area contributed by atoms with E-state index in [0.717, 1.165) is 5.56 Å². The van der Waals surface area contributed by atoms with Crippen molar-refractivity contribution in [1.82, 2.24) is 15.2 Å². The molecule has 4 N–H and O–H groups in total. The first-order valence-electron chi connectivity index (χ1n) is 5.10. The van der Waals surface area contributed by atoms with Crippen molar-refractivity contribution in [3.05, 3.63) is 35.2 Å². The van der Waals surface area contributed by atoms with Crippen LogP contribution in [0.1, 0.15) is 21.7 Å². The van der Waals surface area contributed by atoms with Crippen molar-refractivity contribution in [3.8, 4) is 6.07 Å². The summed E-state index contributed by atoms with van der Waals surface area (Å²) in [5.41, 5.74) is 7.17. The molecule has 2 rings (SSSR count). The first kappa shape index (κ1) is 11.6. The minimum Gasteiger partial charge on any atom is -0.366 e. The van der Waals surface area contributed by atoms with Gasteiger partial charge in [0.15, 0.2) is 0 Å². The molecule has 7 nitrogen and oxygen atoms in total. The van der Waals surface area contributed by atoms with Gasteiger partial charge in [-0.15, -0.1) is 5.10 Å². The fourth-order valence-corrected chi connectivity index (χ4v) is 1.38. The number of nitrogens with zero attached hydrogens (tertiary/aromatic N) is 3. The number of carbonyl (C=O) groups is 1. The number of nitrogens with two attached hydrogens (primary N) is 1. The Morgan fingerprint density at radius 3 is 2.94 bits per heavy atom. The fourth-order valence-electron chi connectivity index (χ4n) is 1.38. The third-order valence-electron chi connectivity index (χ3n) is 2.33. The average molecular weight is 242 g/mol. The fraction of sp³-hybridized carbons (Fsp3) is 0.0909. The maximum absolute atomic E-state index is 11.8. The Morgan fingerprint density at radius 1 is 1.56 bits per heavy atom. The monoisotopic (exact) mass is 242 g/mol. The standard InChI is InChI=1S/C11H10N6O/c1-6-2-3-7(5-12)4-8(6)14-10(18)9-15-11(13)17-16-9/h2-4H,1H3,(H,14,18)(H3,13,15,16,17). The molecule has 0 aliphatic heterocycles. The minimum atomic E-state index is -0.461. The highest BCUT2D eigenvalue weighted by molar-refractivity contribution is 6.02. The first-order chi connectivity index (χ1) is 8.60. The van der Waals surface area contributed by atoms with Gasteiger partial charge in [-0.25, -0.2) is 0 Å². The van der Waals surface area contributed by atoms with E-state index in [4.69, 9.17) is 11.0 Å². The van der Waals surface area contributed by atoms with Gasteiger partial charge in [-0.05, 0) is 24.6 Å². The molecule has 0 saturated heterocycles. The van der Waals surface area contributed by atoms with Crippen LogP contribution >= 0.6 is 0 Å². The van der Waals surface area contributed by atoms with E-state index in [0.29, 0.717) is 11.3 Å². The summed E-state index contributed by atoms with van der Waals surface area (Å²) in [6.07, 6.45) is 0. The number of benzene rings is 1. The van der Waals surface area contributed by atoms with Crippen LogP contribution < -0.4 is 11.1 Å². The predicted molar refractivity (Wildman–Crippen MR) is 64.6 cm³/mol. The molecule has 7 heteroatoms. The molecule has 1 amide bonds. The van der Waals surface area contributed by atoms with Crippen molar-refractivity contribution in [2.24, 2.45) is 0 Å². The molecule has 2 aromatic rings. The molecule has 0 unspecified atom stereocenters. The summed E-state index contributed by atoms with van der Waals surface area (Å²) in [4.78, 5) is 15.5. The van der Waals surface area contributed by atoms with Crippen molar-refractivity contribution < 1.29 is 4.79 Å². The number of aryl methyl sites for hydroxylation is 1. The molecule has 1 aromatic heterocycles. The van der Waals surface area contributed by atoms with Crippen LogP contribution in [-0.2, 0) is 0 Å². The lowest BCUT2D eigenvalue weighted by Crippen LogP contribution is -2.14. The summed E-state index contributed by atoms with van der Waals surface area (Å²) in [5, 5.41) is 17.4. The first-order valence-corrected chi connectivity index (χ1v) is 5.10. The van der Waals surface area contributed by atoms with E-state index < -0.39 is 5.91 Å². The van der Waals surface area contributed by atoms with E-state index in [9.17, 15) is 4.79 Å². The van der Waals surface area contributed by atoms with Crippen molar-refractivity contribution in [1.29, 1.82) is 5.26 Å². The van der Waals surface area contributed by atoms with E-state index in [-0.39, 0.29) is 11.8 Å². The lowest BCUT2D eigenvalue weighted by Gasteiger charge is -2.06. The molecule has 0 atom stereocenters. The molecule has 1 heterocycles. The molecule has 0 radical (unpaired) electrons. The number of nitrogens with one attached hydrogen (secondary N) is 2. The smallest absolute Gasteiger partial charge is 0.293 e. The van der Waals surface area contributed by atoms with Crippen molar-refractivity contribution in [3.63, 3.8) is 0 Å². The van der Waals surface area contributed by atoms with Crippen molar-refractivity contribution >= 4 is 17.5 Å². The Morgan fingerprint density at radius 2 is 2.33 bits per heavy atom. The molecule has 0 fully saturated rings. The number of amides is 1. The van der Waals surface area contributed by atoms with Gasteiger partial charge in [0.05, 0.1) is 11.6 Å². The maximum atomic E-state index is 11.8. The zero-order valence-corrected chi connectivity index (χ0v) is 9.56. The number of aromatic nitrogens is 3. The number of rotatable bonds is 2. The predicted octanol–water partition coefficient (Wildman–Crippen LogP) is 0.819. The third-order valence-corrected chi connectivity index (χ3v) is 2.33. The second-order valence-electron chi connectivity index (χ2n) is 3.64. The Hall–Kier alpha value is -2.88. The second-order valence-corrected chi connectivity index (χ2v) is 3.64. The van der Waals surface area contributed by atoms with Gasteiger partial charge in [0.2, 0.25) is 11.8 Å². The maximum Gasteiger partial charge on any atom is 0.293 e. The van der Waals surface area contributed by atoms with Crippen LogP contribution in [0.2, 0.25) is 0 Å².